The molecule has 0 spiro atoms. The zero-order valence-corrected chi connectivity index (χ0v) is 17.1. The van der Waals surface area contributed by atoms with Crippen molar-refractivity contribution in [1.29, 1.82) is 0 Å². The maximum atomic E-state index is 12.9. The summed E-state index contributed by atoms with van der Waals surface area (Å²) in [6, 6.07) is 11.8. The van der Waals surface area contributed by atoms with Crippen molar-refractivity contribution in [2.24, 2.45) is 5.92 Å². The summed E-state index contributed by atoms with van der Waals surface area (Å²) in [5.74, 6) is 1.02. The number of amides is 2. The second kappa shape index (κ2) is 7.67. The molecule has 2 aliphatic heterocycles. The van der Waals surface area contributed by atoms with Crippen LogP contribution in [0.4, 0.5) is 5.69 Å². The molecule has 2 amide bonds. The summed E-state index contributed by atoms with van der Waals surface area (Å²) in [7, 11) is 0. The van der Waals surface area contributed by atoms with Crippen LogP contribution in [0.1, 0.15) is 42.5 Å². The van der Waals surface area contributed by atoms with E-state index in [1.165, 1.54) is 17.5 Å². The van der Waals surface area contributed by atoms with Crippen molar-refractivity contribution < 1.29 is 19.1 Å². The van der Waals surface area contributed by atoms with Crippen molar-refractivity contribution in [3.63, 3.8) is 0 Å². The van der Waals surface area contributed by atoms with Crippen molar-refractivity contribution in [1.82, 2.24) is 5.32 Å². The SMILES string of the molecule is CC(NC(=O)C1CC(=O)N(c2ccc3c(c2)CCC3)C1)c1ccc2c(c1)OCCO2. The van der Waals surface area contributed by atoms with E-state index in [9.17, 15) is 9.59 Å². The molecule has 2 unspecified atom stereocenters. The van der Waals surface area contributed by atoms with E-state index >= 15 is 0 Å². The van der Waals surface area contributed by atoms with Crippen LogP contribution in [0, 0.1) is 5.92 Å². The Morgan fingerprint density at radius 1 is 1.07 bits per heavy atom. The Morgan fingerprint density at radius 2 is 1.87 bits per heavy atom. The Bertz CT molecular complexity index is 1000. The number of benzene rings is 2. The first kappa shape index (κ1) is 19.0. The molecule has 1 fully saturated rings. The molecule has 3 aliphatic rings. The number of carbonyl (C=O) groups excluding carboxylic acids is 2. The summed E-state index contributed by atoms with van der Waals surface area (Å²) in [6.45, 7) is 3.45. The number of nitrogens with zero attached hydrogens (tertiary/aromatic N) is 1. The fourth-order valence-electron chi connectivity index (χ4n) is 4.60. The zero-order chi connectivity index (χ0) is 20.7. The Labute approximate surface area is 176 Å². The number of ether oxygens (including phenoxy) is 2. The van der Waals surface area contributed by atoms with Gasteiger partial charge in [0.1, 0.15) is 13.2 Å². The molecule has 1 aliphatic carbocycles. The molecule has 1 saturated heterocycles. The molecule has 0 radical (unpaired) electrons. The first-order chi connectivity index (χ1) is 14.6. The smallest absolute Gasteiger partial charge is 0.227 e. The van der Waals surface area contributed by atoms with Crippen LogP contribution in [-0.4, -0.2) is 31.6 Å². The molecule has 156 valence electrons. The van der Waals surface area contributed by atoms with Gasteiger partial charge in [-0.15, -0.1) is 0 Å². The third kappa shape index (κ3) is 3.51. The number of fused-ring (bicyclic) bond motifs is 2. The predicted octanol–water partition coefficient (Wildman–Crippen LogP) is 3.18. The Balaban J connectivity index is 1.25. The second-order valence-corrected chi connectivity index (χ2v) is 8.35. The molecule has 0 saturated carbocycles. The summed E-state index contributed by atoms with van der Waals surface area (Å²) in [5.41, 5.74) is 4.58. The average molecular weight is 406 g/mol. The van der Waals surface area contributed by atoms with E-state index in [0.717, 1.165) is 29.8 Å². The summed E-state index contributed by atoms with van der Waals surface area (Å²) >= 11 is 0. The molecule has 6 nitrogen and oxygen atoms in total. The van der Waals surface area contributed by atoms with Gasteiger partial charge >= 0.3 is 0 Å². The molecule has 2 heterocycles. The molecule has 0 bridgehead atoms. The maximum Gasteiger partial charge on any atom is 0.227 e. The standard InChI is InChI=1S/C24H26N2O4/c1-15(17-6-8-21-22(12-17)30-10-9-29-21)25-24(28)19-13-23(27)26(14-19)20-7-5-16-3-2-4-18(16)11-20/h5-8,11-12,15,19H,2-4,9-10,13-14H2,1H3,(H,25,28). The molecule has 5 rings (SSSR count). The number of hydrogen-bond donors (Lipinski definition) is 1. The first-order valence-electron chi connectivity index (χ1n) is 10.7. The fourth-order valence-corrected chi connectivity index (χ4v) is 4.60. The van der Waals surface area contributed by atoms with Gasteiger partial charge in [0.05, 0.1) is 12.0 Å². The number of hydrogen-bond acceptors (Lipinski definition) is 4. The molecular weight excluding hydrogens is 380 g/mol. The van der Waals surface area contributed by atoms with Crippen molar-refractivity contribution in [2.45, 2.75) is 38.6 Å². The number of carbonyl (C=O) groups is 2. The summed E-state index contributed by atoms with van der Waals surface area (Å²) in [6.07, 6.45) is 3.61. The highest BCUT2D eigenvalue weighted by atomic mass is 16.6. The van der Waals surface area contributed by atoms with Crippen LogP contribution >= 0.6 is 0 Å². The minimum atomic E-state index is -0.342. The predicted molar refractivity (Wildman–Crippen MR) is 113 cm³/mol. The monoisotopic (exact) mass is 406 g/mol. The van der Waals surface area contributed by atoms with E-state index in [1.54, 1.807) is 4.90 Å². The number of rotatable bonds is 4. The van der Waals surface area contributed by atoms with Gasteiger partial charge in [-0.25, -0.2) is 0 Å². The van der Waals surface area contributed by atoms with Gasteiger partial charge in [-0.3, -0.25) is 9.59 Å². The van der Waals surface area contributed by atoms with Crippen LogP contribution < -0.4 is 19.7 Å². The first-order valence-corrected chi connectivity index (χ1v) is 10.7. The lowest BCUT2D eigenvalue weighted by atomic mass is 10.0. The van der Waals surface area contributed by atoms with Crippen molar-refractivity contribution >= 4 is 17.5 Å². The van der Waals surface area contributed by atoms with E-state index in [4.69, 9.17) is 9.47 Å². The van der Waals surface area contributed by atoms with Gasteiger partial charge < -0.3 is 19.7 Å². The third-order valence-electron chi connectivity index (χ3n) is 6.31. The minimum absolute atomic E-state index is 0.0140. The van der Waals surface area contributed by atoms with Gasteiger partial charge in [-0.05, 0) is 67.1 Å². The summed E-state index contributed by atoms with van der Waals surface area (Å²) in [5, 5.41) is 3.06. The Kier molecular flexibility index (Phi) is 4.85. The normalized spacial score (nSPS) is 20.8. The van der Waals surface area contributed by atoms with Crippen molar-refractivity contribution in [3.8, 4) is 11.5 Å². The summed E-state index contributed by atoms with van der Waals surface area (Å²) in [4.78, 5) is 27.3. The molecule has 30 heavy (non-hydrogen) atoms. The lowest BCUT2D eigenvalue weighted by Crippen LogP contribution is -2.34. The van der Waals surface area contributed by atoms with E-state index in [0.29, 0.717) is 25.5 Å². The van der Waals surface area contributed by atoms with Gasteiger partial charge in [0.25, 0.3) is 0 Å². The van der Waals surface area contributed by atoms with Gasteiger partial charge in [-0.2, -0.15) is 0 Å². The Morgan fingerprint density at radius 3 is 2.73 bits per heavy atom. The summed E-state index contributed by atoms with van der Waals surface area (Å²) < 4.78 is 11.2. The van der Waals surface area contributed by atoms with Gasteiger partial charge in [0.15, 0.2) is 11.5 Å². The number of aryl methyl sites for hydroxylation is 2. The molecule has 1 N–H and O–H groups in total. The molecule has 6 heteroatoms. The quantitative estimate of drug-likeness (QED) is 0.847. The highest BCUT2D eigenvalue weighted by molar-refractivity contribution is 6.00. The van der Waals surface area contributed by atoms with Crippen LogP contribution in [0.15, 0.2) is 36.4 Å². The highest BCUT2D eigenvalue weighted by Gasteiger charge is 2.36. The van der Waals surface area contributed by atoms with E-state index in [1.807, 2.05) is 31.2 Å². The molecule has 2 atom stereocenters. The zero-order valence-electron chi connectivity index (χ0n) is 17.1. The van der Waals surface area contributed by atoms with Crippen LogP contribution in [-0.2, 0) is 22.4 Å². The van der Waals surface area contributed by atoms with Gasteiger partial charge in [0.2, 0.25) is 11.8 Å². The third-order valence-corrected chi connectivity index (χ3v) is 6.31. The Hall–Kier alpha value is -3.02. The molecular formula is C24H26N2O4. The van der Waals surface area contributed by atoms with Crippen molar-refractivity contribution in [3.05, 3.63) is 53.1 Å². The average Bonchev–Trinajstić information content (AvgIpc) is 3.39. The lowest BCUT2D eigenvalue weighted by Gasteiger charge is -2.22. The van der Waals surface area contributed by atoms with Gasteiger partial charge in [0, 0.05) is 18.7 Å². The maximum absolute atomic E-state index is 12.9. The highest BCUT2D eigenvalue weighted by Crippen LogP contribution is 2.33. The second-order valence-electron chi connectivity index (χ2n) is 8.35. The van der Waals surface area contributed by atoms with Crippen LogP contribution in [0.5, 0.6) is 11.5 Å². The number of nitrogens with one attached hydrogen (secondary N) is 1. The molecule has 2 aromatic rings. The minimum Gasteiger partial charge on any atom is -0.486 e. The van der Waals surface area contributed by atoms with E-state index in [-0.39, 0.29) is 30.2 Å². The molecule has 0 aromatic heterocycles. The fraction of sp³-hybridized carbons (Fsp3) is 0.417. The lowest BCUT2D eigenvalue weighted by molar-refractivity contribution is -0.126. The van der Waals surface area contributed by atoms with Crippen LogP contribution in [0.3, 0.4) is 0 Å². The molecule has 2 aromatic carbocycles. The van der Waals surface area contributed by atoms with Crippen molar-refractivity contribution in [2.75, 3.05) is 24.7 Å². The van der Waals surface area contributed by atoms with E-state index < -0.39 is 0 Å². The van der Waals surface area contributed by atoms with Crippen LogP contribution in [0.25, 0.3) is 0 Å². The van der Waals surface area contributed by atoms with Crippen LogP contribution in [0.2, 0.25) is 0 Å². The van der Waals surface area contributed by atoms with E-state index in [2.05, 4.69) is 17.4 Å². The topological polar surface area (TPSA) is 67.9 Å². The largest absolute Gasteiger partial charge is 0.486 e. The number of anilines is 1. The van der Waals surface area contributed by atoms with Gasteiger partial charge in [-0.1, -0.05) is 12.1 Å².